The highest BCUT2D eigenvalue weighted by Crippen LogP contribution is 2.27. The summed E-state index contributed by atoms with van der Waals surface area (Å²) in [5.74, 6) is -2.98. The third-order valence-electron chi connectivity index (χ3n) is 9.70. The molecule has 1 saturated carbocycles. The summed E-state index contributed by atoms with van der Waals surface area (Å²) in [6.07, 6.45) is 10.1. The van der Waals surface area contributed by atoms with Gasteiger partial charge in [0.25, 0.3) is 0 Å². The zero-order valence-electron chi connectivity index (χ0n) is 31.4. The fourth-order valence-corrected chi connectivity index (χ4v) is 6.37. The lowest BCUT2D eigenvalue weighted by atomic mass is 9.90. The van der Waals surface area contributed by atoms with Crippen LogP contribution in [0.5, 0.6) is 0 Å². The molecule has 7 atom stereocenters. The SMILES string of the molecule is CCCCCC[C@@H](OC[C@@H](C)NC(=O)[C@@H](C)CN)[C@@H](C)C(=O)N(C)[C@@H](CC(C)C)C(=O)N[C@H](C(=O)N[C@@H](CN)C(N)=O)C1CCCCCC1. The Hall–Kier alpha value is -2.77. The number of nitrogens with one attached hydrogen (secondary N) is 3. The number of amides is 5. The number of carbonyl (C=O) groups excluding carboxylic acids is 5. The first-order valence-electron chi connectivity index (χ1n) is 18.7. The highest BCUT2D eigenvalue weighted by Gasteiger charge is 2.38. The Labute approximate surface area is 295 Å². The number of carbonyl (C=O) groups is 5. The van der Waals surface area contributed by atoms with Crippen LogP contribution in [-0.2, 0) is 28.7 Å². The number of primary amides is 1. The number of unbranched alkanes of at least 4 members (excludes halogenated alkanes) is 3. The van der Waals surface area contributed by atoms with Crippen molar-refractivity contribution in [1.82, 2.24) is 20.9 Å². The molecule has 5 amide bonds. The molecule has 0 bridgehead atoms. The first-order valence-corrected chi connectivity index (χ1v) is 18.7. The molecule has 1 aliphatic carbocycles. The Bertz CT molecular complexity index is 1020. The Morgan fingerprint density at radius 1 is 0.816 bits per heavy atom. The molecule has 0 aromatic rings. The van der Waals surface area contributed by atoms with Gasteiger partial charge in [0.1, 0.15) is 18.1 Å². The molecule has 0 aromatic carbocycles. The van der Waals surface area contributed by atoms with Crippen LogP contribution >= 0.6 is 0 Å². The Morgan fingerprint density at radius 2 is 1.45 bits per heavy atom. The van der Waals surface area contributed by atoms with Crippen LogP contribution in [0.15, 0.2) is 0 Å². The van der Waals surface area contributed by atoms with Gasteiger partial charge in [-0.05, 0) is 44.4 Å². The highest BCUT2D eigenvalue weighted by molar-refractivity contribution is 5.94. The predicted molar refractivity (Wildman–Crippen MR) is 193 cm³/mol. The molecule has 0 spiro atoms. The molecule has 1 fully saturated rings. The number of nitrogens with two attached hydrogens (primary N) is 3. The van der Waals surface area contributed by atoms with Gasteiger partial charge in [-0.3, -0.25) is 24.0 Å². The molecule has 13 nitrogen and oxygen atoms in total. The lowest BCUT2D eigenvalue weighted by Crippen LogP contribution is -2.60. The number of hydrogen-bond donors (Lipinski definition) is 6. The average Bonchev–Trinajstić information content (AvgIpc) is 3.35. The van der Waals surface area contributed by atoms with Gasteiger partial charge in [-0.1, -0.05) is 86.0 Å². The quantitative estimate of drug-likeness (QED) is 0.0688. The van der Waals surface area contributed by atoms with E-state index in [1.54, 1.807) is 14.0 Å². The van der Waals surface area contributed by atoms with E-state index in [0.717, 1.165) is 64.2 Å². The van der Waals surface area contributed by atoms with Gasteiger partial charge >= 0.3 is 0 Å². The molecule has 0 heterocycles. The molecule has 0 radical (unpaired) electrons. The van der Waals surface area contributed by atoms with Gasteiger partial charge in [-0.25, -0.2) is 0 Å². The van der Waals surface area contributed by atoms with E-state index in [0.29, 0.717) is 12.8 Å². The first kappa shape index (κ1) is 44.3. The molecule has 1 rings (SSSR count). The lowest BCUT2D eigenvalue weighted by molar-refractivity contribution is -0.147. The van der Waals surface area contributed by atoms with Crippen molar-refractivity contribution in [3.05, 3.63) is 0 Å². The van der Waals surface area contributed by atoms with Gasteiger partial charge in [0.2, 0.25) is 29.5 Å². The van der Waals surface area contributed by atoms with E-state index in [1.807, 2.05) is 27.7 Å². The lowest BCUT2D eigenvalue weighted by Gasteiger charge is -2.35. The molecule has 0 aliphatic heterocycles. The molecule has 0 aromatic heterocycles. The second kappa shape index (κ2) is 23.6. The van der Waals surface area contributed by atoms with Crippen LogP contribution in [0.25, 0.3) is 0 Å². The minimum Gasteiger partial charge on any atom is -0.375 e. The van der Waals surface area contributed by atoms with Crippen molar-refractivity contribution < 1.29 is 28.7 Å². The standard InChI is InChI=1S/C36H69N7O6/c1-8-9-10-15-18-30(49-22-25(5)40-33(45)24(4)20-37)26(6)36(48)43(7)29(19-23(2)3)34(46)42-31(27-16-13-11-12-14-17-27)35(47)41-28(21-38)32(39)44/h23-31H,8-22,37-38H2,1-7H3,(H2,39,44)(H,40,45)(H,41,47)(H,42,46)/t24-,25+,26+,28-,29-,30+,31-/m0/s1. The first-order chi connectivity index (χ1) is 23.2. The number of rotatable bonds is 23. The number of likely N-dealkylation sites (N-methyl/N-ethyl adjacent to an activating group) is 1. The molecular weight excluding hydrogens is 626 g/mol. The molecule has 0 unspecified atom stereocenters. The van der Waals surface area contributed by atoms with E-state index in [-0.39, 0.29) is 55.3 Å². The van der Waals surface area contributed by atoms with Gasteiger partial charge in [0.05, 0.1) is 18.6 Å². The minimum atomic E-state index is -1.05. The molecule has 13 heteroatoms. The minimum absolute atomic E-state index is 0.0735. The second-order valence-corrected chi connectivity index (χ2v) is 14.6. The van der Waals surface area contributed by atoms with Gasteiger partial charge < -0.3 is 42.8 Å². The Balaban J connectivity index is 3.24. The maximum Gasteiger partial charge on any atom is 0.243 e. The van der Waals surface area contributed by atoms with Crippen molar-refractivity contribution in [3.8, 4) is 0 Å². The van der Waals surface area contributed by atoms with Gasteiger partial charge in [-0.15, -0.1) is 0 Å². The maximum atomic E-state index is 14.1. The monoisotopic (exact) mass is 696 g/mol. The summed E-state index contributed by atoms with van der Waals surface area (Å²) in [4.78, 5) is 67.6. The summed E-state index contributed by atoms with van der Waals surface area (Å²) in [6.45, 7) is 11.9. The van der Waals surface area contributed by atoms with Gasteiger partial charge in [0.15, 0.2) is 0 Å². The van der Waals surface area contributed by atoms with Crippen molar-refractivity contribution in [2.75, 3.05) is 26.7 Å². The number of hydrogen-bond acceptors (Lipinski definition) is 8. The number of ether oxygens (including phenoxy) is 1. The van der Waals surface area contributed by atoms with Crippen molar-refractivity contribution in [1.29, 1.82) is 0 Å². The van der Waals surface area contributed by atoms with E-state index < -0.39 is 47.9 Å². The predicted octanol–water partition coefficient (Wildman–Crippen LogP) is 2.33. The zero-order valence-corrected chi connectivity index (χ0v) is 31.4. The van der Waals surface area contributed by atoms with Crippen LogP contribution < -0.4 is 33.2 Å². The van der Waals surface area contributed by atoms with Crippen LogP contribution in [-0.4, -0.2) is 91.5 Å². The topological polar surface area (TPSA) is 212 Å². The summed E-state index contributed by atoms with van der Waals surface area (Å²) in [6, 6.07) is -3.07. The normalized spacial score (nSPS) is 18.2. The van der Waals surface area contributed by atoms with Crippen LogP contribution in [0.3, 0.4) is 0 Å². The van der Waals surface area contributed by atoms with E-state index >= 15 is 0 Å². The van der Waals surface area contributed by atoms with Crippen LogP contribution in [0.2, 0.25) is 0 Å². The molecule has 1 aliphatic rings. The maximum absolute atomic E-state index is 14.1. The van der Waals surface area contributed by atoms with Crippen molar-refractivity contribution in [3.63, 3.8) is 0 Å². The van der Waals surface area contributed by atoms with Crippen molar-refractivity contribution in [2.45, 2.75) is 149 Å². The molecule has 284 valence electrons. The van der Waals surface area contributed by atoms with Crippen LogP contribution in [0, 0.1) is 23.7 Å². The third kappa shape index (κ3) is 15.8. The smallest absolute Gasteiger partial charge is 0.243 e. The fraction of sp³-hybridized carbons (Fsp3) is 0.861. The van der Waals surface area contributed by atoms with E-state index in [9.17, 15) is 24.0 Å². The van der Waals surface area contributed by atoms with Crippen LogP contribution in [0.1, 0.15) is 119 Å². The zero-order chi connectivity index (χ0) is 37.1. The Morgan fingerprint density at radius 3 is 1.98 bits per heavy atom. The fourth-order valence-electron chi connectivity index (χ4n) is 6.37. The van der Waals surface area contributed by atoms with Gasteiger partial charge in [0, 0.05) is 32.1 Å². The highest BCUT2D eigenvalue weighted by atomic mass is 16.5. The largest absolute Gasteiger partial charge is 0.375 e. The summed E-state index contributed by atoms with van der Waals surface area (Å²) < 4.78 is 6.31. The van der Waals surface area contributed by atoms with Crippen molar-refractivity contribution in [2.24, 2.45) is 40.9 Å². The number of nitrogens with zero attached hydrogens (tertiary/aromatic N) is 1. The summed E-state index contributed by atoms with van der Waals surface area (Å²) in [5, 5.41) is 8.57. The van der Waals surface area contributed by atoms with E-state index in [2.05, 4.69) is 22.9 Å². The summed E-state index contributed by atoms with van der Waals surface area (Å²) in [5.41, 5.74) is 16.8. The average molecular weight is 696 g/mol. The Kier molecular flexibility index (Phi) is 21.3. The van der Waals surface area contributed by atoms with Gasteiger partial charge in [-0.2, -0.15) is 0 Å². The molecular formula is C36H69N7O6. The van der Waals surface area contributed by atoms with E-state index in [4.69, 9.17) is 21.9 Å². The molecule has 9 N–H and O–H groups in total. The molecule has 49 heavy (non-hydrogen) atoms. The van der Waals surface area contributed by atoms with Crippen LogP contribution in [0.4, 0.5) is 0 Å². The summed E-state index contributed by atoms with van der Waals surface area (Å²) in [7, 11) is 1.63. The third-order valence-corrected chi connectivity index (χ3v) is 9.70. The second-order valence-electron chi connectivity index (χ2n) is 14.6. The summed E-state index contributed by atoms with van der Waals surface area (Å²) >= 11 is 0. The van der Waals surface area contributed by atoms with E-state index in [1.165, 1.54) is 4.90 Å². The molecule has 0 saturated heterocycles. The van der Waals surface area contributed by atoms with Crippen molar-refractivity contribution >= 4 is 29.5 Å².